The second kappa shape index (κ2) is 26.9. The Morgan fingerprint density at radius 2 is 0.862 bits per heavy atom. The van der Waals surface area contributed by atoms with Gasteiger partial charge in [-0.2, -0.15) is 0 Å². The van der Waals surface area contributed by atoms with E-state index >= 15 is 0 Å². The maximum absolute atomic E-state index is 14.0. The first-order valence-corrected chi connectivity index (χ1v) is 21.2. The second-order valence-electron chi connectivity index (χ2n) is 14.9. The molecule has 6 rings (SSSR count). The lowest BCUT2D eigenvalue weighted by Gasteiger charge is -2.26. The molecule has 0 aliphatic rings. The number of nitrogens with one attached hydrogen (secondary N) is 2. The normalized spacial score (nSPS) is 11.2. The van der Waals surface area contributed by atoms with Crippen LogP contribution in [0.25, 0.3) is 0 Å². The van der Waals surface area contributed by atoms with Gasteiger partial charge in [0, 0.05) is 6.07 Å². The molecular formula is C51H54N2O12. The molecule has 14 nitrogen and oxygen atoms in total. The molecule has 1 aromatic heterocycles. The Bertz CT molecular complexity index is 2150. The highest BCUT2D eigenvalue weighted by atomic mass is 16.7. The van der Waals surface area contributed by atoms with E-state index in [-0.39, 0.29) is 51.9 Å². The van der Waals surface area contributed by atoms with Crippen molar-refractivity contribution in [2.24, 2.45) is 0 Å². The Morgan fingerprint density at radius 1 is 0.508 bits per heavy atom. The van der Waals surface area contributed by atoms with Crippen LogP contribution in [-0.2, 0) is 61.5 Å². The summed E-state index contributed by atoms with van der Waals surface area (Å²) in [6, 6.07) is 48.2. The fourth-order valence-corrected chi connectivity index (χ4v) is 6.40. The summed E-state index contributed by atoms with van der Waals surface area (Å²) in [5, 5.41) is 12.4. The lowest BCUT2D eigenvalue weighted by molar-refractivity contribution is -0.0928. The standard InChI is InChI=1S/C51H54N2O12/c54-49(46-26-47(65-51(56)57)48(50(55)53-46)64-31-42-24-14-5-15-25-42)52-43(32-62-44(34-58-27-38-16-6-1-7-17-38)35-59-28-39-18-8-2-9-19-39)33-63-45(36-60-29-40-20-10-3-11-21-40)37-61-30-41-22-12-4-13-23-41/h1-26,43-45H,27-37H2,(H,52,54)(H,53,55)(H,56,57). The first kappa shape index (κ1) is 47.8. The van der Waals surface area contributed by atoms with Gasteiger partial charge in [0.1, 0.15) is 24.5 Å². The number of hydrogen-bond acceptors (Lipinski definition) is 11. The van der Waals surface area contributed by atoms with Gasteiger partial charge < -0.3 is 53.3 Å². The van der Waals surface area contributed by atoms with E-state index in [4.69, 9.17) is 37.9 Å². The van der Waals surface area contributed by atoms with Gasteiger partial charge in [0.2, 0.25) is 5.75 Å². The highest BCUT2D eigenvalue weighted by Crippen LogP contribution is 2.25. The molecule has 0 saturated heterocycles. The van der Waals surface area contributed by atoms with Crippen molar-refractivity contribution in [1.29, 1.82) is 0 Å². The predicted octanol–water partition coefficient (Wildman–Crippen LogP) is 7.75. The molecule has 14 heteroatoms. The Morgan fingerprint density at radius 3 is 1.22 bits per heavy atom. The van der Waals surface area contributed by atoms with Crippen LogP contribution in [0.4, 0.5) is 4.79 Å². The SMILES string of the molecule is O=C(O)Oc1cc(C(=O)NC(COC(COCc2ccccc2)COCc2ccccc2)COC(COCc2ccccc2)COCc2ccccc2)[nH]c(=O)c1OCc1ccccc1. The Labute approximate surface area is 378 Å². The second-order valence-corrected chi connectivity index (χ2v) is 14.9. The number of ether oxygens (including phenoxy) is 8. The van der Waals surface area contributed by atoms with Gasteiger partial charge in [-0.1, -0.05) is 152 Å². The largest absolute Gasteiger partial charge is 0.511 e. The van der Waals surface area contributed by atoms with Gasteiger partial charge in [0.05, 0.1) is 72.1 Å². The molecule has 0 bridgehead atoms. The number of carbonyl (C=O) groups is 2. The summed E-state index contributed by atoms with van der Waals surface area (Å²) in [6.45, 7) is 1.83. The number of carbonyl (C=O) groups excluding carboxylic acids is 1. The summed E-state index contributed by atoms with van der Waals surface area (Å²) >= 11 is 0. The quantitative estimate of drug-likeness (QED) is 0.0410. The minimum Gasteiger partial charge on any atom is -0.480 e. The molecule has 0 atom stereocenters. The lowest BCUT2D eigenvalue weighted by Crippen LogP contribution is -2.45. The average Bonchev–Trinajstić information content (AvgIpc) is 3.33. The monoisotopic (exact) mass is 886 g/mol. The van der Waals surface area contributed by atoms with Crippen LogP contribution >= 0.6 is 0 Å². The summed E-state index contributed by atoms with van der Waals surface area (Å²) < 4.78 is 47.8. The van der Waals surface area contributed by atoms with Crippen molar-refractivity contribution in [3.63, 3.8) is 0 Å². The highest BCUT2D eigenvalue weighted by Gasteiger charge is 2.24. The number of rotatable bonds is 28. The van der Waals surface area contributed by atoms with Crippen molar-refractivity contribution in [3.8, 4) is 11.5 Å². The van der Waals surface area contributed by atoms with Crippen LogP contribution in [0.3, 0.4) is 0 Å². The zero-order valence-corrected chi connectivity index (χ0v) is 36.0. The summed E-state index contributed by atoms with van der Waals surface area (Å²) in [7, 11) is 0. The van der Waals surface area contributed by atoms with Crippen LogP contribution in [0.2, 0.25) is 0 Å². The molecular weight excluding hydrogens is 833 g/mol. The molecule has 1 amide bonds. The maximum atomic E-state index is 14.0. The molecule has 3 N–H and O–H groups in total. The van der Waals surface area contributed by atoms with E-state index in [0.29, 0.717) is 26.4 Å². The van der Waals surface area contributed by atoms with E-state index in [1.54, 1.807) is 24.3 Å². The van der Waals surface area contributed by atoms with E-state index < -0.39 is 47.4 Å². The zero-order valence-electron chi connectivity index (χ0n) is 36.0. The Kier molecular flexibility index (Phi) is 19.8. The molecule has 0 radical (unpaired) electrons. The molecule has 0 unspecified atom stereocenters. The van der Waals surface area contributed by atoms with Crippen molar-refractivity contribution in [2.75, 3.05) is 39.6 Å². The number of benzene rings is 5. The van der Waals surface area contributed by atoms with Crippen LogP contribution in [-0.4, -0.2) is 80.0 Å². The van der Waals surface area contributed by atoms with Crippen molar-refractivity contribution in [1.82, 2.24) is 10.3 Å². The van der Waals surface area contributed by atoms with Gasteiger partial charge in [-0.25, -0.2) is 4.79 Å². The fourth-order valence-electron chi connectivity index (χ4n) is 6.40. The smallest absolute Gasteiger partial charge is 0.480 e. The van der Waals surface area contributed by atoms with Crippen LogP contribution in [0.15, 0.2) is 163 Å². The molecule has 0 spiro atoms. The van der Waals surface area contributed by atoms with Crippen LogP contribution in [0, 0.1) is 0 Å². The molecule has 340 valence electrons. The van der Waals surface area contributed by atoms with Gasteiger partial charge in [-0.3, -0.25) is 9.59 Å². The third-order valence-electron chi connectivity index (χ3n) is 9.68. The Hall–Kier alpha value is -6.65. The van der Waals surface area contributed by atoms with Crippen LogP contribution in [0.1, 0.15) is 38.3 Å². The third kappa shape index (κ3) is 17.4. The van der Waals surface area contributed by atoms with Crippen molar-refractivity contribution < 1.29 is 52.6 Å². The first-order chi connectivity index (χ1) is 31.9. The number of amides is 1. The molecule has 0 saturated carbocycles. The van der Waals surface area contributed by atoms with Crippen LogP contribution in [0.5, 0.6) is 11.5 Å². The number of aromatic amines is 1. The number of aromatic nitrogens is 1. The zero-order chi connectivity index (χ0) is 45.3. The van der Waals surface area contributed by atoms with E-state index in [9.17, 15) is 19.5 Å². The lowest BCUT2D eigenvalue weighted by atomic mass is 10.2. The summed E-state index contributed by atoms with van der Waals surface area (Å²) in [5.74, 6) is -1.62. The summed E-state index contributed by atoms with van der Waals surface area (Å²) in [5.41, 5.74) is 3.52. The molecule has 1 heterocycles. The number of H-pyrrole nitrogens is 1. The first-order valence-electron chi connectivity index (χ1n) is 21.2. The Balaban J connectivity index is 1.19. The molecule has 5 aromatic carbocycles. The van der Waals surface area contributed by atoms with Gasteiger partial charge in [-0.05, 0) is 27.8 Å². The van der Waals surface area contributed by atoms with Gasteiger partial charge in [-0.15, -0.1) is 0 Å². The highest BCUT2D eigenvalue weighted by molar-refractivity contribution is 5.93. The molecule has 65 heavy (non-hydrogen) atoms. The average molecular weight is 887 g/mol. The van der Waals surface area contributed by atoms with E-state index in [1.165, 1.54) is 0 Å². The minimum atomic E-state index is -1.70. The van der Waals surface area contributed by atoms with Gasteiger partial charge in [0.25, 0.3) is 11.5 Å². The number of pyridine rings is 1. The minimum absolute atomic E-state index is 0.0568. The maximum Gasteiger partial charge on any atom is 0.511 e. The summed E-state index contributed by atoms with van der Waals surface area (Å²) in [6.07, 6.45) is -2.84. The molecule has 0 aliphatic heterocycles. The van der Waals surface area contributed by atoms with Crippen LogP contribution < -0.4 is 20.3 Å². The van der Waals surface area contributed by atoms with E-state index in [2.05, 4.69) is 10.3 Å². The van der Waals surface area contributed by atoms with E-state index in [1.807, 2.05) is 127 Å². The van der Waals surface area contributed by atoms with Gasteiger partial charge >= 0.3 is 6.16 Å². The van der Waals surface area contributed by atoms with Crippen molar-refractivity contribution >= 4 is 12.1 Å². The fraction of sp³-hybridized carbons (Fsp3) is 0.275. The van der Waals surface area contributed by atoms with Crippen molar-refractivity contribution in [3.05, 3.63) is 202 Å². The summed E-state index contributed by atoms with van der Waals surface area (Å²) in [4.78, 5) is 41.6. The molecule has 0 aliphatic carbocycles. The van der Waals surface area contributed by atoms with E-state index in [0.717, 1.165) is 33.9 Å². The van der Waals surface area contributed by atoms with Crippen molar-refractivity contribution in [2.45, 2.75) is 51.3 Å². The number of hydrogen-bond donors (Lipinski definition) is 3. The third-order valence-corrected chi connectivity index (χ3v) is 9.68. The number of carboxylic acid groups (broad SMARTS) is 1. The predicted molar refractivity (Wildman–Crippen MR) is 242 cm³/mol. The topological polar surface area (TPSA) is 173 Å². The molecule has 0 fully saturated rings. The van der Waals surface area contributed by atoms with Gasteiger partial charge in [0.15, 0.2) is 5.75 Å². The molecule has 6 aromatic rings.